The Hall–Kier alpha value is -1.83. The topological polar surface area (TPSA) is 29.1 Å². The first-order valence-corrected chi connectivity index (χ1v) is 6.54. The molecule has 2 rings (SSSR count). The second kappa shape index (κ2) is 5.67. The minimum Gasteiger partial charge on any atom is -0.349 e. The van der Waals surface area contributed by atoms with Crippen molar-refractivity contribution in [3.05, 3.63) is 48.0 Å². The molecule has 94 valence electrons. The Morgan fingerprint density at radius 3 is 2.44 bits per heavy atom. The molecule has 0 heterocycles. The van der Waals surface area contributed by atoms with Crippen molar-refractivity contribution in [1.82, 2.24) is 5.32 Å². The molecule has 0 fully saturated rings. The zero-order valence-corrected chi connectivity index (χ0v) is 10.9. The summed E-state index contributed by atoms with van der Waals surface area (Å²) in [7, 11) is 0. The van der Waals surface area contributed by atoms with Crippen LogP contribution in [0.3, 0.4) is 0 Å². The number of rotatable bonds is 4. The average molecular weight is 241 g/mol. The first-order chi connectivity index (χ1) is 8.76. The summed E-state index contributed by atoms with van der Waals surface area (Å²) in [5.74, 6) is 0.0282. The van der Waals surface area contributed by atoms with E-state index in [9.17, 15) is 4.79 Å². The van der Waals surface area contributed by atoms with Crippen LogP contribution in [0.15, 0.2) is 42.5 Å². The quantitative estimate of drug-likeness (QED) is 0.867. The van der Waals surface area contributed by atoms with Gasteiger partial charge in [-0.05, 0) is 29.7 Å². The summed E-state index contributed by atoms with van der Waals surface area (Å²) in [6.07, 6.45) is 1.93. The molecule has 0 aromatic heterocycles. The summed E-state index contributed by atoms with van der Waals surface area (Å²) in [4.78, 5) is 12.3. The van der Waals surface area contributed by atoms with Crippen LogP contribution in [0.5, 0.6) is 0 Å². The number of fused-ring (bicyclic) bond motifs is 1. The van der Waals surface area contributed by atoms with Gasteiger partial charge in [0.15, 0.2) is 0 Å². The van der Waals surface area contributed by atoms with Crippen LogP contribution in [0.2, 0.25) is 0 Å². The third-order valence-electron chi connectivity index (χ3n) is 3.36. The minimum absolute atomic E-state index is 0.0282. The van der Waals surface area contributed by atoms with Crippen molar-refractivity contribution >= 4 is 16.7 Å². The van der Waals surface area contributed by atoms with Crippen molar-refractivity contribution in [2.75, 3.05) is 0 Å². The van der Waals surface area contributed by atoms with E-state index in [-0.39, 0.29) is 11.9 Å². The number of benzene rings is 2. The zero-order chi connectivity index (χ0) is 13.0. The molecular formula is C16H19NO. The monoisotopic (exact) mass is 241 g/mol. The molecule has 0 spiro atoms. The summed E-state index contributed by atoms with van der Waals surface area (Å²) in [5, 5.41) is 5.21. The molecule has 0 aliphatic rings. The number of hydrogen-bond donors (Lipinski definition) is 1. The summed E-state index contributed by atoms with van der Waals surface area (Å²) in [6.45, 7) is 4.19. The third-order valence-corrected chi connectivity index (χ3v) is 3.36. The maximum absolute atomic E-state index is 12.3. The third kappa shape index (κ3) is 2.53. The van der Waals surface area contributed by atoms with Crippen LogP contribution < -0.4 is 5.32 Å². The summed E-state index contributed by atoms with van der Waals surface area (Å²) in [5.41, 5.74) is 0.764. The van der Waals surface area contributed by atoms with Crippen LogP contribution >= 0.6 is 0 Å². The molecule has 1 amide bonds. The van der Waals surface area contributed by atoms with Crippen LogP contribution in [0.1, 0.15) is 37.0 Å². The SMILES string of the molecule is CCC(CC)NC(=O)c1cccc2ccccc12. The summed E-state index contributed by atoms with van der Waals surface area (Å²) in [6, 6.07) is 14.1. The molecule has 0 atom stereocenters. The van der Waals surface area contributed by atoms with E-state index >= 15 is 0 Å². The van der Waals surface area contributed by atoms with Crippen LogP contribution in [0.25, 0.3) is 10.8 Å². The molecule has 0 bridgehead atoms. The molecule has 2 heteroatoms. The van der Waals surface area contributed by atoms with Crippen molar-refractivity contribution in [1.29, 1.82) is 0 Å². The smallest absolute Gasteiger partial charge is 0.252 e. The zero-order valence-electron chi connectivity index (χ0n) is 10.9. The van der Waals surface area contributed by atoms with Gasteiger partial charge in [-0.3, -0.25) is 4.79 Å². The van der Waals surface area contributed by atoms with Gasteiger partial charge in [0.05, 0.1) is 0 Å². The summed E-state index contributed by atoms with van der Waals surface area (Å²) < 4.78 is 0. The van der Waals surface area contributed by atoms with Gasteiger partial charge in [0.25, 0.3) is 5.91 Å². The molecule has 0 radical (unpaired) electrons. The number of amides is 1. The van der Waals surface area contributed by atoms with Gasteiger partial charge in [0, 0.05) is 11.6 Å². The van der Waals surface area contributed by atoms with Gasteiger partial charge in [0.2, 0.25) is 0 Å². The van der Waals surface area contributed by atoms with Crippen molar-refractivity contribution in [3.8, 4) is 0 Å². The van der Waals surface area contributed by atoms with Gasteiger partial charge < -0.3 is 5.32 Å². The van der Waals surface area contributed by atoms with Gasteiger partial charge in [-0.15, -0.1) is 0 Å². The number of nitrogens with one attached hydrogen (secondary N) is 1. The minimum atomic E-state index is 0.0282. The Morgan fingerprint density at radius 1 is 1.06 bits per heavy atom. The van der Waals surface area contributed by atoms with E-state index in [1.165, 1.54) is 0 Å². The first kappa shape index (κ1) is 12.6. The van der Waals surface area contributed by atoms with Crippen molar-refractivity contribution in [3.63, 3.8) is 0 Å². The molecule has 0 saturated carbocycles. The molecule has 0 saturated heterocycles. The van der Waals surface area contributed by atoms with Crippen LogP contribution in [0.4, 0.5) is 0 Å². The first-order valence-electron chi connectivity index (χ1n) is 6.54. The molecule has 18 heavy (non-hydrogen) atoms. The van der Waals surface area contributed by atoms with Crippen molar-refractivity contribution < 1.29 is 4.79 Å². The highest BCUT2D eigenvalue weighted by molar-refractivity contribution is 6.07. The standard InChI is InChI=1S/C16H19NO/c1-3-13(4-2)17-16(18)15-11-7-9-12-8-5-6-10-14(12)15/h5-11,13H,3-4H2,1-2H3,(H,17,18). The molecular weight excluding hydrogens is 222 g/mol. The van der Waals surface area contributed by atoms with E-state index in [0.717, 1.165) is 29.2 Å². The van der Waals surface area contributed by atoms with Crippen LogP contribution in [0, 0.1) is 0 Å². The fourth-order valence-corrected chi connectivity index (χ4v) is 2.18. The number of carbonyl (C=O) groups is 1. The van der Waals surface area contributed by atoms with E-state index in [4.69, 9.17) is 0 Å². The number of hydrogen-bond acceptors (Lipinski definition) is 1. The molecule has 2 nitrogen and oxygen atoms in total. The predicted octanol–water partition coefficient (Wildman–Crippen LogP) is 3.76. The Morgan fingerprint density at radius 2 is 1.72 bits per heavy atom. The lowest BCUT2D eigenvalue weighted by Crippen LogP contribution is -2.33. The highest BCUT2D eigenvalue weighted by atomic mass is 16.1. The maximum Gasteiger partial charge on any atom is 0.252 e. The fraction of sp³-hybridized carbons (Fsp3) is 0.312. The van der Waals surface area contributed by atoms with Crippen molar-refractivity contribution in [2.45, 2.75) is 32.7 Å². The lowest BCUT2D eigenvalue weighted by atomic mass is 10.0. The highest BCUT2D eigenvalue weighted by Crippen LogP contribution is 2.18. The molecule has 0 aliphatic carbocycles. The molecule has 2 aromatic rings. The molecule has 1 N–H and O–H groups in total. The largest absolute Gasteiger partial charge is 0.349 e. The summed E-state index contributed by atoms with van der Waals surface area (Å²) >= 11 is 0. The van der Waals surface area contributed by atoms with Gasteiger partial charge >= 0.3 is 0 Å². The van der Waals surface area contributed by atoms with E-state index in [2.05, 4.69) is 19.2 Å². The Kier molecular flexibility index (Phi) is 3.98. The average Bonchev–Trinajstić information content (AvgIpc) is 2.43. The van der Waals surface area contributed by atoms with Crippen molar-refractivity contribution in [2.24, 2.45) is 0 Å². The molecule has 2 aromatic carbocycles. The maximum atomic E-state index is 12.3. The van der Waals surface area contributed by atoms with Crippen LogP contribution in [-0.4, -0.2) is 11.9 Å². The van der Waals surface area contributed by atoms with E-state index < -0.39 is 0 Å². The Balaban J connectivity index is 2.33. The molecule has 0 unspecified atom stereocenters. The lowest BCUT2D eigenvalue weighted by molar-refractivity contribution is 0.0936. The fourth-order valence-electron chi connectivity index (χ4n) is 2.18. The Bertz CT molecular complexity index is 538. The van der Waals surface area contributed by atoms with Gasteiger partial charge in [-0.2, -0.15) is 0 Å². The van der Waals surface area contributed by atoms with E-state index in [1.807, 2.05) is 42.5 Å². The normalized spacial score (nSPS) is 10.8. The predicted molar refractivity (Wildman–Crippen MR) is 75.8 cm³/mol. The van der Waals surface area contributed by atoms with Gasteiger partial charge in [0.1, 0.15) is 0 Å². The number of carbonyl (C=O) groups excluding carboxylic acids is 1. The Labute approximate surface area is 108 Å². The lowest BCUT2D eigenvalue weighted by Gasteiger charge is -2.15. The second-order valence-electron chi connectivity index (χ2n) is 4.51. The van der Waals surface area contributed by atoms with Gasteiger partial charge in [-0.1, -0.05) is 50.2 Å². The van der Waals surface area contributed by atoms with E-state index in [0.29, 0.717) is 0 Å². The van der Waals surface area contributed by atoms with E-state index in [1.54, 1.807) is 0 Å². The highest BCUT2D eigenvalue weighted by Gasteiger charge is 2.12. The molecule has 0 aliphatic heterocycles. The van der Waals surface area contributed by atoms with Crippen LogP contribution in [-0.2, 0) is 0 Å². The van der Waals surface area contributed by atoms with Gasteiger partial charge in [-0.25, -0.2) is 0 Å². The second-order valence-corrected chi connectivity index (χ2v) is 4.51.